The zero-order valence-corrected chi connectivity index (χ0v) is 23.1. The Balaban J connectivity index is 1.55. The van der Waals surface area contributed by atoms with Crippen LogP contribution in [0.5, 0.6) is 5.75 Å². The van der Waals surface area contributed by atoms with Gasteiger partial charge in [0.05, 0.1) is 24.5 Å². The molecule has 0 bridgehead atoms. The number of ether oxygens (including phenoxy) is 2. The molecule has 0 unspecified atom stereocenters. The van der Waals surface area contributed by atoms with E-state index < -0.39 is 11.2 Å². The number of anilines is 1. The van der Waals surface area contributed by atoms with Crippen molar-refractivity contribution in [3.05, 3.63) is 89.7 Å². The van der Waals surface area contributed by atoms with Crippen LogP contribution in [-0.2, 0) is 20.7 Å². The summed E-state index contributed by atoms with van der Waals surface area (Å²) in [6.45, 7) is 4.69. The Morgan fingerprint density at radius 1 is 1.05 bits per heavy atom. The summed E-state index contributed by atoms with van der Waals surface area (Å²) in [5.41, 5.74) is 2.33. The number of carbonyl (C=O) groups is 3. The minimum absolute atomic E-state index is 0.00805. The molecule has 208 valence electrons. The van der Waals surface area contributed by atoms with Crippen molar-refractivity contribution < 1.29 is 28.2 Å². The second-order valence-electron chi connectivity index (χ2n) is 8.84. The van der Waals surface area contributed by atoms with Gasteiger partial charge in [0.1, 0.15) is 16.8 Å². The van der Waals surface area contributed by atoms with Crippen molar-refractivity contribution in [1.82, 2.24) is 4.90 Å². The van der Waals surface area contributed by atoms with Gasteiger partial charge in [0.15, 0.2) is 5.17 Å². The maximum absolute atomic E-state index is 13.3. The zero-order valence-electron chi connectivity index (χ0n) is 22.3. The van der Waals surface area contributed by atoms with Crippen LogP contribution in [0.25, 0.3) is 0 Å². The third-order valence-electron chi connectivity index (χ3n) is 5.99. The maximum atomic E-state index is 13.3. The molecule has 1 heterocycles. The molecule has 1 fully saturated rings. The first-order valence-corrected chi connectivity index (χ1v) is 13.8. The predicted molar refractivity (Wildman–Crippen MR) is 154 cm³/mol. The van der Waals surface area contributed by atoms with Crippen molar-refractivity contribution in [3.63, 3.8) is 0 Å². The van der Waals surface area contributed by atoms with E-state index in [1.807, 2.05) is 6.92 Å². The number of nitrogens with zero attached hydrogens (tertiary/aromatic N) is 2. The molecule has 1 aliphatic heterocycles. The quantitative estimate of drug-likeness (QED) is 0.323. The molecule has 4 rings (SSSR count). The van der Waals surface area contributed by atoms with Crippen LogP contribution in [0, 0.1) is 5.82 Å². The van der Waals surface area contributed by atoms with Gasteiger partial charge in [-0.2, -0.15) is 0 Å². The van der Waals surface area contributed by atoms with E-state index in [1.54, 1.807) is 72.5 Å². The van der Waals surface area contributed by atoms with Gasteiger partial charge in [-0.05, 0) is 74.4 Å². The van der Waals surface area contributed by atoms with E-state index in [0.717, 1.165) is 5.56 Å². The summed E-state index contributed by atoms with van der Waals surface area (Å²) in [6.07, 6.45) is 0.473. The average Bonchev–Trinajstić information content (AvgIpc) is 2.94. The molecule has 1 saturated heterocycles. The zero-order chi connectivity index (χ0) is 28.5. The normalized spacial score (nSPS) is 16.1. The van der Waals surface area contributed by atoms with E-state index in [2.05, 4.69) is 10.3 Å². The predicted octanol–water partition coefficient (Wildman–Crippen LogP) is 5.60. The molecule has 1 atom stereocenters. The maximum Gasteiger partial charge on any atom is 0.338 e. The lowest BCUT2D eigenvalue weighted by molar-refractivity contribution is -0.129. The highest BCUT2D eigenvalue weighted by Gasteiger charge is 2.36. The van der Waals surface area contributed by atoms with Gasteiger partial charge in [0, 0.05) is 24.7 Å². The van der Waals surface area contributed by atoms with Gasteiger partial charge in [0.25, 0.3) is 0 Å². The number of aliphatic imine (C=N–C) groups is 1. The van der Waals surface area contributed by atoms with Crippen LogP contribution >= 0.6 is 11.8 Å². The van der Waals surface area contributed by atoms with Gasteiger partial charge >= 0.3 is 5.97 Å². The highest BCUT2D eigenvalue weighted by atomic mass is 32.2. The number of rotatable bonds is 10. The first-order valence-electron chi connectivity index (χ1n) is 13.0. The first-order chi connectivity index (χ1) is 19.4. The number of amidine groups is 1. The average molecular weight is 564 g/mol. The molecule has 0 radical (unpaired) electrons. The van der Waals surface area contributed by atoms with Crippen molar-refractivity contribution in [1.29, 1.82) is 0 Å². The minimum Gasteiger partial charge on any atom is -0.494 e. The first kappa shape index (κ1) is 28.8. The summed E-state index contributed by atoms with van der Waals surface area (Å²) in [7, 11) is 0. The van der Waals surface area contributed by atoms with E-state index >= 15 is 0 Å². The van der Waals surface area contributed by atoms with Gasteiger partial charge in [-0.25, -0.2) is 14.2 Å². The van der Waals surface area contributed by atoms with E-state index in [0.29, 0.717) is 47.4 Å². The Morgan fingerprint density at radius 3 is 2.50 bits per heavy atom. The number of benzene rings is 3. The number of esters is 1. The number of halogens is 1. The number of hydrogen-bond donors (Lipinski definition) is 1. The molecule has 40 heavy (non-hydrogen) atoms. The van der Waals surface area contributed by atoms with E-state index in [1.165, 1.54) is 23.9 Å². The van der Waals surface area contributed by atoms with Crippen molar-refractivity contribution >= 4 is 46.1 Å². The molecule has 0 aliphatic carbocycles. The molecular weight excluding hydrogens is 533 g/mol. The third-order valence-corrected chi connectivity index (χ3v) is 7.17. The number of thioether (sulfide) groups is 1. The van der Waals surface area contributed by atoms with Crippen molar-refractivity contribution in [3.8, 4) is 5.75 Å². The van der Waals surface area contributed by atoms with Gasteiger partial charge in [-0.1, -0.05) is 30.0 Å². The number of amides is 2. The summed E-state index contributed by atoms with van der Waals surface area (Å²) in [5.74, 6) is -0.702. The van der Waals surface area contributed by atoms with Crippen molar-refractivity contribution in [2.45, 2.75) is 31.9 Å². The Labute approximate surface area is 236 Å². The minimum atomic E-state index is -0.706. The van der Waals surface area contributed by atoms with Gasteiger partial charge in [0.2, 0.25) is 11.8 Å². The molecule has 0 spiro atoms. The largest absolute Gasteiger partial charge is 0.494 e. The molecule has 10 heteroatoms. The Hall–Kier alpha value is -4.18. The van der Waals surface area contributed by atoms with Crippen LogP contribution in [0.2, 0.25) is 0 Å². The third kappa shape index (κ3) is 7.69. The van der Waals surface area contributed by atoms with Gasteiger partial charge in [-0.3, -0.25) is 14.5 Å². The van der Waals surface area contributed by atoms with E-state index in [9.17, 15) is 18.8 Å². The second kappa shape index (κ2) is 13.7. The fraction of sp³-hybridized carbons (Fsp3) is 0.267. The highest BCUT2D eigenvalue weighted by Crippen LogP contribution is 2.31. The van der Waals surface area contributed by atoms with Crippen LogP contribution in [0.3, 0.4) is 0 Å². The van der Waals surface area contributed by atoms with Gasteiger partial charge in [-0.15, -0.1) is 0 Å². The highest BCUT2D eigenvalue weighted by molar-refractivity contribution is 8.15. The SMILES string of the molecule is CCOC(=O)c1ccc(N=C2S[C@H](C(=O)Nc3cccc(OCC)c3)CC(=O)N2CCc2ccc(F)cc2)cc1. The molecule has 3 aromatic rings. The summed E-state index contributed by atoms with van der Waals surface area (Å²) in [5, 5.41) is 2.53. The monoisotopic (exact) mass is 563 g/mol. The lowest BCUT2D eigenvalue weighted by Crippen LogP contribution is -2.46. The summed E-state index contributed by atoms with van der Waals surface area (Å²) >= 11 is 1.20. The van der Waals surface area contributed by atoms with Crippen LogP contribution < -0.4 is 10.1 Å². The summed E-state index contributed by atoms with van der Waals surface area (Å²) in [4.78, 5) is 44.7. The molecular formula is C30H30FN3O5S. The fourth-order valence-electron chi connectivity index (χ4n) is 4.00. The van der Waals surface area contributed by atoms with Crippen LogP contribution in [0.1, 0.15) is 36.2 Å². The fourth-order valence-corrected chi connectivity index (χ4v) is 5.13. The Bertz CT molecular complexity index is 1380. The standard InChI is InChI=1S/C30H30FN3O5S/c1-3-38-25-7-5-6-24(18-25)32-28(36)26-19-27(35)34(17-16-20-8-12-22(31)13-9-20)30(40-26)33-23-14-10-21(11-15-23)29(37)39-4-2/h5-15,18,26H,3-4,16-17,19H2,1-2H3,(H,32,36)/t26-/m0/s1. The summed E-state index contributed by atoms with van der Waals surface area (Å²) < 4.78 is 23.9. The molecule has 0 aromatic heterocycles. The molecule has 1 aliphatic rings. The molecule has 1 N–H and O–H groups in total. The van der Waals surface area contributed by atoms with Crippen LogP contribution in [-0.4, -0.2) is 52.9 Å². The lowest BCUT2D eigenvalue weighted by Gasteiger charge is -2.32. The summed E-state index contributed by atoms with van der Waals surface area (Å²) in [6, 6.07) is 19.7. The number of nitrogens with one attached hydrogen (secondary N) is 1. The van der Waals surface area contributed by atoms with Crippen molar-refractivity contribution in [2.75, 3.05) is 25.1 Å². The topological polar surface area (TPSA) is 97.3 Å². The lowest BCUT2D eigenvalue weighted by atomic mass is 10.1. The van der Waals surface area contributed by atoms with E-state index in [4.69, 9.17) is 9.47 Å². The van der Waals surface area contributed by atoms with Crippen LogP contribution in [0.4, 0.5) is 15.8 Å². The van der Waals surface area contributed by atoms with Gasteiger partial charge < -0.3 is 14.8 Å². The van der Waals surface area contributed by atoms with Crippen LogP contribution in [0.15, 0.2) is 77.8 Å². The number of carbonyl (C=O) groups excluding carboxylic acids is 3. The Kier molecular flexibility index (Phi) is 9.91. The Morgan fingerprint density at radius 2 is 1.80 bits per heavy atom. The second-order valence-corrected chi connectivity index (χ2v) is 10.0. The molecule has 3 aromatic carbocycles. The molecule has 0 saturated carbocycles. The van der Waals surface area contributed by atoms with Crippen molar-refractivity contribution in [2.24, 2.45) is 4.99 Å². The molecule has 2 amide bonds. The smallest absolute Gasteiger partial charge is 0.338 e. The number of hydrogen-bond acceptors (Lipinski definition) is 7. The molecule has 8 nitrogen and oxygen atoms in total. The van der Waals surface area contributed by atoms with E-state index in [-0.39, 0.29) is 30.7 Å².